The number of carbonyl (C=O) groups excluding carboxylic acids is 1. The normalized spacial score (nSPS) is 22.3. The second-order valence-electron chi connectivity index (χ2n) is 6.14. The van der Waals surface area contributed by atoms with E-state index in [1.165, 1.54) is 37.0 Å². The molecule has 21 heavy (non-hydrogen) atoms. The molecule has 4 heteroatoms. The van der Waals surface area contributed by atoms with Gasteiger partial charge in [-0.25, -0.2) is 0 Å². The number of benzene rings is 1. The van der Waals surface area contributed by atoms with Gasteiger partial charge in [0.25, 0.3) is 5.91 Å². The molecule has 0 bridgehead atoms. The van der Waals surface area contributed by atoms with E-state index in [9.17, 15) is 4.79 Å². The predicted octanol–water partition coefficient (Wildman–Crippen LogP) is 4.04. The van der Waals surface area contributed by atoms with E-state index in [1.807, 2.05) is 24.3 Å². The van der Waals surface area contributed by atoms with E-state index in [2.05, 4.69) is 12.2 Å². The largest absolute Gasteiger partial charge is 0.399 e. The fourth-order valence-corrected chi connectivity index (χ4v) is 4.14. The van der Waals surface area contributed by atoms with Crippen LogP contribution in [0.2, 0.25) is 0 Å². The van der Waals surface area contributed by atoms with Crippen molar-refractivity contribution in [3.05, 3.63) is 29.1 Å². The molecule has 1 heterocycles. The second-order valence-corrected chi connectivity index (χ2v) is 7.22. The Morgan fingerprint density at radius 1 is 1.33 bits per heavy atom. The third kappa shape index (κ3) is 3.21. The minimum absolute atomic E-state index is 0.0487. The molecule has 0 radical (unpaired) electrons. The van der Waals surface area contributed by atoms with E-state index < -0.39 is 0 Å². The monoisotopic (exact) mass is 302 g/mol. The van der Waals surface area contributed by atoms with Crippen LogP contribution >= 0.6 is 11.3 Å². The Kier molecular flexibility index (Phi) is 4.15. The molecule has 2 unspecified atom stereocenters. The number of nitrogens with one attached hydrogen (secondary N) is 1. The van der Waals surface area contributed by atoms with E-state index in [4.69, 9.17) is 5.73 Å². The van der Waals surface area contributed by atoms with Gasteiger partial charge in [-0.2, -0.15) is 0 Å². The first-order chi connectivity index (χ1) is 10.1. The standard InChI is InChI=1S/C17H22N2OS/c1-11-4-2-3-5-12(11)10-19-17(20)16-9-13-8-14(18)6-7-15(13)21-16/h6-9,11-12H,2-5,10,18H2,1H3,(H,19,20). The van der Waals surface area contributed by atoms with Crippen LogP contribution in [0.3, 0.4) is 0 Å². The number of amides is 1. The van der Waals surface area contributed by atoms with Crippen LogP contribution in [-0.2, 0) is 0 Å². The molecule has 2 aromatic rings. The van der Waals surface area contributed by atoms with Gasteiger partial charge in [0.05, 0.1) is 4.88 Å². The van der Waals surface area contributed by atoms with Crippen molar-refractivity contribution in [1.29, 1.82) is 0 Å². The van der Waals surface area contributed by atoms with Crippen LogP contribution < -0.4 is 11.1 Å². The van der Waals surface area contributed by atoms with Crippen molar-refractivity contribution < 1.29 is 4.79 Å². The highest BCUT2D eigenvalue weighted by Gasteiger charge is 2.22. The number of nitrogen functional groups attached to an aromatic ring is 1. The lowest BCUT2D eigenvalue weighted by atomic mass is 9.80. The minimum atomic E-state index is 0.0487. The lowest BCUT2D eigenvalue weighted by Gasteiger charge is -2.28. The van der Waals surface area contributed by atoms with Gasteiger partial charge < -0.3 is 11.1 Å². The van der Waals surface area contributed by atoms with Gasteiger partial charge in [-0.15, -0.1) is 11.3 Å². The summed E-state index contributed by atoms with van der Waals surface area (Å²) in [7, 11) is 0. The number of thiophene rings is 1. The van der Waals surface area contributed by atoms with E-state index >= 15 is 0 Å². The first-order valence-corrected chi connectivity index (χ1v) is 8.52. The van der Waals surface area contributed by atoms with Gasteiger partial charge in [0, 0.05) is 16.9 Å². The molecule has 0 saturated heterocycles. The Bertz CT molecular complexity index is 649. The smallest absolute Gasteiger partial charge is 0.261 e. The summed E-state index contributed by atoms with van der Waals surface area (Å²) >= 11 is 1.53. The van der Waals surface area contributed by atoms with E-state index in [1.54, 1.807) is 0 Å². The number of fused-ring (bicyclic) bond motifs is 1. The van der Waals surface area contributed by atoms with Gasteiger partial charge in [-0.3, -0.25) is 4.79 Å². The number of anilines is 1. The SMILES string of the molecule is CC1CCCCC1CNC(=O)c1cc2cc(N)ccc2s1. The highest BCUT2D eigenvalue weighted by Crippen LogP contribution is 2.30. The fraction of sp³-hybridized carbons (Fsp3) is 0.471. The van der Waals surface area contributed by atoms with Crippen molar-refractivity contribution in [3.63, 3.8) is 0 Å². The molecular formula is C17H22N2OS. The average molecular weight is 302 g/mol. The molecule has 1 saturated carbocycles. The van der Waals surface area contributed by atoms with Crippen molar-refractivity contribution >= 4 is 33.0 Å². The van der Waals surface area contributed by atoms with Crippen molar-refractivity contribution in [2.75, 3.05) is 12.3 Å². The van der Waals surface area contributed by atoms with Crippen LogP contribution in [0.25, 0.3) is 10.1 Å². The summed E-state index contributed by atoms with van der Waals surface area (Å²) in [4.78, 5) is 13.1. The molecule has 1 aromatic heterocycles. The Balaban J connectivity index is 1.66. The Hall–Kier alpha value is -1.55. The number of nitrogens with two attached hydrogens (primary N) is 1. The maximum absolute atomic E-state index is 12.3. The average Bonchev–Trinajstić information content (AvgIpc) is 2.89. The second kappa shape index (κ2) is 6.06. The van der Waals surface area contributed by atoms with Crippen LogP contribution in [0.5, 0.6) is 0 Å². The molecule has 3 nitrogen and oxygen atoms in total. The van der Waals surface area contributed by atoms with Crippen molar-refractivity contribution in [1.82, 2.24) is 5.32 Å². The molecule has 3 N–H and O–H groups in total. The van der Waals surface area contributed by atoms with Gasteiger partial charge in [-0.1, -0.05) is 26.2 Å². The first kappa shape index (κ1) is 14.4. The summed E-state index contributed by atoms with van der Waals surface area (Å²) in [6.07, 6.45) is 5.17. The quantitative estimate of drug-likeness (QED) is 0.841. The molecule has 2 atom stereocenters. The highest BCUT2D eigenvalue weighted by atomic mass is 32.1. The van der Waals surface area contributed by atoms with Crippen LogP contribution in [0, 0.1) is 11.8 Å². The van der Waals surface area contributed by atoms with Crippen LogP contribution in [0.4, 0.5) is 5.69 Å². The first-order valence-electron chi connectivity index (χ1n) is 7.71. The van der Waals surface area contributed by atoms with Crippen molar-refractivity contribution in [3.8, 4) is 0 Å². The zero-order valence-corrected chi connectivity index (χ0v) is 13.2. The van der Waals surface area contributed by atoms with Crippen molar-refractivity contribution in [2.24, 2.45) is 11.8 Å². The fourth-order valence-electron chi connectivity index (χ4n) is 3.18. The number of rotatable bonds is 3. The van der Waals surface area contributed by atoms with Gasteiger partial charge in [0.15, 0.2) is 0 Å². The summed E-state index contributed by atoms with van der Waals surface area (Å²) in [6.45, 7) is 3.11. The third-order valence-corrected chi connectivity index (χ3v) is 5.69. The molecular weight excluding hydrogens is 280 g/mol. The van der Waals surface area contributed by atoms with Gasteiger partial charge in [0.2, 0.25) is 0 Å². The topological polar surface area (TPSA) is 55.1 Å². The minimum Gasteiger partial charge on any atom is -0.399 e. The molecule has 0 aliphatic heterocycles. The lowest BCUT2D eigenvalue weighted by molar-refractivity contribution is 0.0940. The van der Waals surface area contributed by atoms with Gasteiger partial charge >= 0.3 is 0 Å². The molecule has 1 aromatic carbocycles. The van der Waals surface area contributed by atoms with Crippen LogP contribution in [0.15, 0.2) is 24.3 Å². The summed E-state index contributed by atoms with van der Waals surface area (Å²) in [5.74, 6) is 1.40. The molecule has 1 aliphatic rings. The summed E-state index contributed by atoms with van der Waals surface area (Å²) < 4.78 is 1.11. The van der Waals surface area contributed by atoms with E-state index in [0.29, 0.717) is 5.92 Å². The highest BCUT2D eigenvalue weighted by molar-refractivity contribution is 7.20. The zero-order chi connectivity index (χ0) is 14.8. The summed E-state index contributed by atoms with van der Waals surface area (Å²) in [6, 6.07) is 7.72. The Morgan fingerprint density at radius 3 is 2.95 bits per heavy atom. The predicted molar refractivity (Wildman–Crippen MR) is 89.7 cm³/mol. The Morgan fingerprint density at radius 2 is 2.14 bits per heavy atom. The van der Waals surface area contributed by atoms with E-state index in [-0.39, 0.29) is 5.91 Å². The number of carbonyl (C=O) groups is 1. The number of hydrogen-bond donors (Lipinski definition) is 2. The maximum Gasteiger partial charge on any atom is 0.261 e. The van der Waals surface area contributed by atoms with Gasteiger partial charge in [0.1, 0.15) is 0 Å². The molecule has 1 fully saturated rings. The molecule has 1 aliphatic carbocycles. The molecule has 0 spiro atoms. The number of hydrogen-bond acceptors (Lipinski definition) is 3. The maximum atomic E-state index is 12.3. The lowest BCUT2D eigenvalue weighted by Crippen LogP contribution is -2.33. The zero-order valence-electron chi connectivity index (χ0n) is 12.4. The molecule has 3 rings (SSSR count). The van der Waals surface area contributed by atoms with Crippen molar-refractivity contribution in [2.45, 2.75) is 32.6 Å². The van der Waals surface area contributed by atoms with Gasteiger partial charge in [-0.05, 0) is 47.9 Å². The summed E-state index contributed by atoms with van der Waals surface area (Å²) in [5.41, 5.74) is 6.52. The molecule has 1 amide bonds. The van der Waals surface area contributed by atoms with Crippen LogP contribution in [-0.4, -0.2) is 12.5 Å². The third-order valence-electron chi connectivity index (χ3n) is 4.58. The molecule has 112 valence electrons. The van der Waals surface area contributed by atoms with Crippen LogP contribution in [0.1, 0.15) is 42.3 Å². The Labute approximate surface area is 129 Å². The van der Waals surface area contributed by atoms with E-state index in [0.717, 1.165) is 33.1 Å². The summed E-state index contributed by atoms with van der Waals surface area (Å²) in [5, 5.41) is 4.17.